The van der Waals surface area contributed by atoms with E-state index < -0.39 is 53.0 Å². The summed E-state index contributed by atoms with van der Waals surface area (Å²) in [5.41, 5.74) is 5.22. The molecule has 3 aromatic rings. The summed E-state index contributed by atoms with van der Waals surface area (Å²) in [4.78, 5) is 73.2. The largest absolute Gasteiger partial charge is 0.543 e. The topological polar surface area (TPSA) is 222 Å². The van der Waals surface area contributed by atoms with E-state index in [0.29, 0.717) is 5.57 Å². The molecule has 0 aliphatic carbocycles. The van der Waals surface area contributed by atoms with Crippen molar-refractivity contribution in [3.05, 3.63) is 45.9 Å². The number of hydrogen-bond acceptors (Lipinski definition) is 14. The minimum atomic E-state index is -1.59. The predicted molar refractivity (Wildman–Crippen MR) is 150 cm³/mol. The third-order valence-corrected chi connectivity index (χ3v) is 9.19. The molecule has 0 unspecified atom stereocenters. The second-order valence-electron chi connectivity index (χ2n) is 9.11. The predicted octanol–water partition coefficient (Wildman–Crippen LogP) is -1.20. The summed E-state index contributed by atoms with van der Waals surface area (Å²) in [6.07, 6.45) is 1.99. The van der Waals surface area contributed by atoms with Gasteiger partial charge in [0.1, 0.15) is 36.0 Å². The Morgan fingerprint density at radius 2 is 2.12 bits per heavy atom. The number of amides is 2. The average Bonchev–Trinajstić information content (AvgIpc) is 3.67. The zero-order valence-electron chi connectivity index (χ0n) is 22.4. The summed E-state index contributed by atoms with van der Waals surface area (Å²) in [5.74, 6) is -4.80. The Morgan fingerprint density at radius 3 is 2.77 bits per heavy atom. The molecule has 16 nitrogen and oxygen atoms in total. The lowest BCUT2D eigenvalue weighted by atomic mass is 10.0. The highest BCUT2D eigenvalue weighted by atomic mass is 32.2. The quantitative estimate of drug-likeness (QED) is 0.0733. The van der Waals surface area contributed by atoms with Gasteiger partial charge in [-0.25, -0.2) is 19.1 Å². The van der Waals surface area contributed by atoms with Crippen molar-refractivity contribution in [1.29, 1.82) is 0 Å². The van der Waals surface area contributed by atoms with Crippen molar-refractivity contribution in [2.45, 2.75) is 37.9 Å². The lowest BCUT2D eigenvalue weighted by Crippen LogP contribution is -2.71. The molecular formula is C24H23N7O9S3. The van der Waals surface area contributed by atoms with Crippen molar-refractivity contribution in [1.82, 2.24) is 19.6 Å². The first-order valence-electron chi connectivity index (χ1n) is 12.5. The molecule has 1 fully saturated rings. The fraction of sp³-hybridized carbons (Fsp3) is 0.333. The molecule has 0 radical (unpaired) electrons. The van der Waals surface area contributed by atoms with Gasteiger partial charge >= 0.3 is 17.8 Å². The number of ether oxygens (including phenoxy) is 1. The second-order valence-corrected chi connectivity index (χ2v) is 12.0. The molecular weight excluding hydrogens is 627 g/mol. The van der Waals surface area contributed by atoms with Gasteiger partial charge in [0.15, 0.2) is 10.8 Å². The summed E-state index contributed by atoms with van der Waals surface area (Å²) >= 11 is 3.59. The van der Waals surface area contributed by atoms with Gasteiger partial charge in [-0.05, 0) is 13.8 Å². The van der Waals surface area contributed by atoms with Crippen LogP contribution in [0.4, 0.5) is 5.13 Å². The number of carbonyl (C=O) groups excluding carboxylic acids is 4. The van der Waals surface area contributed by atoms with E-state index >= 15 is 0 Å². The number of imidazole rings is 1. The van der Waals surface area contributed by atoms with E-state index in [2.05, 4.69) is 15.5 Å². The van der Waals surface area contributed by atoms with Gasteiger partial charge in [-0.2, -0.15) is 4.40 Å². The number of fused-ring (bicyclic) bond motifs is 2. The lowest BCUT2D eigenvalue weighted by molar-refractivity contribution is -0.690. The number of thiazole rings is 2. The van der Waals surface area contributed by atoms with Crippen molar-refractivity contribution in [3.8, 4) is 0 Å². The number of nitrogens with zero attached hydrogens (tertiary/aromatic N) is 5. The molecule has 19 heteroatoms. The fourth-order valence-corrected chi connectivity index (χ4v) is 7.06. The van der Waals surface area contributed by atoms with Gasteiger partial charge in [-0.15, -0.1) is 23.1 Å². The molecule has 3 aromatic heterocycles. The maximum Gasteiger partial charge on any atom is 0.422 e. The second kappa shape index (κ2) is 12.0. The number of oxime groups is 1. The Morgan fingerprint density at radius 1 is 1.35 bits per heavy atom. The third kappa shape index (κ3) is 5.65. The minimum Gasteiger partial charge on any atom is -0.543 e. The molecule has 3 atom stereocenters. The van der Waals surface area contributed by atoms with Crippen LogP contribution < -0.4 is 20.7 Å². The van der Waals surface area contributed by atoms with E-state index in [1.54, 1.807) is 33.7 Å². The van der Waals surface area contributed by atoms with Gasteiger partial charge < -0.3 is 35.6 Å². The van der Waals surface area contributed by atoms with Crippen LogP contribution in [0.2, 0.25) is 0 Å². The Balaban J connectivity index is 1.39. The van der Waals surface area contributed by atoms with Crippen LogP contribution in [0.5, 0.6) is 0 Å². The molecule has 2 aliphatic heterocycles. The highest BCUT2D eigenvalue weighted by Crippen LogP contribution is 2.40. The Hall–Kier alpha value is -4.49. The molecule has 0 saturated carbocycles. The van der Waals surface area contributed by atoms with Gasteiger partial charge in [-0.1, -0.05) is 16.5 Å². The van der Waals surface area contributed by atoms with E-state index in [4.69, 9.17) is 20.4 Å². The van der Waals surface area contributed by atoms with Crippen LogP contribution >= 0.6 is 34.4 Å². The van der Waals surface area contributed by atoms with Crippen LogP contribution in [0, 0.1) is 0 Å². The summed E-state index contributed by atoms with van der Waals surface area (Å²) in [6.45, 7) is 2.99. The summed E-state index contributed by atoms with van der Waals surface area (Å²) in [5, 5.41) is 30.1. The van der Waals surface area contributed by atoms with Gasteiger partial charge in [0.05, 0.1) is 18.3 Å². The van der Waals surface area contributed by atoms with Crippen LogP contribution in [0.25, 0.3) is 4.83 Å². The van der Waals surface area contributed by atoms with Crippen molar-refractivity contribution >= 4 is 79.8 Å². The van der Waals surface area contributed by atoms with E-state index in [1.165, 1.54) is 35.4 Å². The van der Waals surface area contributed by atoms with Crippen LogP contribution in [-0.4, -0.2) is 84.7 Å². The van der Waals surface area contributed by atoms with Gasteiger partial charge in [0.25, 0.3) is 11.8 Å². The van der Waals surface area contributed by atoms with Crippen LogP contribution in [0.15, 0.2) is 39.6 Å². The fourth-order valence-electron chi connectivity index (χ4n) is 4.41. The lowest BCUT2D eigenvalue weighted by Gasteiger charge is -2.50. The van der Waals surface area contributed by atoms with Crippen LogP contribution in [-0.2, 0) is 35.3 Å². The van der Waals surface area contributed by atoms with E-state index in [9.17, 15) is 29.1 Å². The normalized spacial score (nSPS) is 19.1. The number of esters is 1. The van der Waals surface area contributed by atoms with Crippen molar-refractivity contribution in [2.24, 2.45) is 5.16 Å². The van der Waals surface area contributed by atoms with Gasteiger partial charge in [-0.3, -0.25) is 14.5 Å². The number of carbonyl (C=O) groups is 5. The van der Waals surface area contributed by atoms with Crippen molar-refractivity contribution in [3.63, 3.8) is 0 Å². The first-order chi connectivity index (χ1) is 20.5. The number of rotatable bonds is 11. The van der Waals surface area contributed by atoms with Crippen molar-refractivity contribution < 1.29 is 48.3 Å². The molecule has 43 heavy (non-hydrogen) atoms. The SMILES string of the molecule is CCOC(=O)c1n2ccsc2c[n+]1CC1=C(C(=O)[O-])N2C(=O)[C@@H](NC(=O)/C(=N\O[C@@H](C)C(=O)O)c3csc(N)n3)[C@H]2SC1. The van der Waals surface area contributed by atoms with E-state index in [1.807, 2.05) is 0 Å². The highest BCUT2D eigenvalue weighted by Gasteiger charge is 2.53. The number of aromatic nitrogens is 3. The smallest absolute Gasteiger partial charge is 0.422 e. The molecule has 0 aromatic carbocycles. The number of hydrogen-bond donors (Lipinski definition) is 3. The minimum absolute atomic E-state index is 0.00276. The van der Waals surface area contributed by atoms with E-state index in [-0.39, 0.29) is 41.3 Å². The molecule has 5 rings (SSSR count). The molecule has 226 valence electrons. The standard InChI is InChI=1S/C24H23N7O9S3/c1-3-39-23(38)18-29(7-13-30(18)4-5-41-13)6-11-8-42-20-15(19(33)31(20)16(11)22(36)37)27-17(32)14(12-9-43-24(25)26-12)28-40-10(2)21(34)35/h4-5,7,9-10,15,20H,3,6,8H2,1-2H3,(H4-,25,26,27,32,34,35,36,37)/b28-14-/t10-,15+,20+/m0/s1. The van der Waals surface area contributed by atoms with Crippen LogP contribution in [0.3, 0.4) is 0 Å². The molecule has 0 bridgehead atoms. The number of nitrogens with two attached hydrogens (primary N) is 1. The van der Waals surface area contributed by atoms with Crippen molar-refractivity contribution in [2.75, 3.05) is 18.1 Å². The zero-order chi connectivity index (χ0) is 31.0. The van der Waals surface area contributed by atoms with Gasteiger partial charge in [0, 0.05) is 22.1 Å². The Labute approximate surface area is 254 Å². The molecule has 0 spiro atoms. The Kier molecular flexibility index (Phi) is 8.38. The first kappa shape index (κ1) is 30.0. The number of aliphatic carboxylic acids is 2. The highest BCUT2D eigenvalue weighted by molar-refractivity contribution is 8.00. The molecule has 4 N–H and O–H groups in total. The van der Waals surface area contributed by atoms with Crippen LogP contribution in [0.1, 0.15) is 30.2 Å². The number of carboxylic acids is 2. The molecule has 5 heterocycles. The van der Waals surface area contributed by atoms with E-state index in [0.717, 1.165) is 21.1 Å². The maximum absolute atomic E-state index is 13.2. The maximum atomic E-state index is 13.2. The third-order valence-electron chi connectivity index (χ3n) is 6.38. The Bertz CT molecular complexity index is 1710. The number of nitrogen functional groups attached to an aromatic ring is 1. The summed E-state index contributed by atoms with van der Waals surface area (Å²) in [7, 11) is 0. The number of nitrogens with one attached hydrogen (secondary N) is 1. The molecule has 2 amide bonds. The first-order valence-corrected chi connectivity index (χ1v) is 15.3. The number of anilines is 1. The summed E-state index contributed by atoms with van der Waals surface area (Å²) in [6, 6.07) is -1.14. The molecule has 1 saturated heterocycles. The number of carboxylic acid groups (broad SMARTS) is 2. The zero-order valence-corrected chi connectivity index (χ0v) is 24.9. The monoisotopic (exact) mass is 649 g/mol. The number of β-lactam (4-membered cyclic amide) rings is 1. The van der Waals surface area contributed by atoms with Gasteiger partial charge in [0.2, 0.25) is 10.9 Å². The molecule has 2 aliphatic rings. The average molecular weight is 650 g/mol. The number of thioether (sulfide) groups is 1. The summed E-state index contributed by atoms with van der Waals surface area (Å²) < 4.78 is 8.39.